The molecule has 2 aromatic carbocycles. The molecule has 118 valence electrons. The quantitative estimate of drug-likeness (QED) is 0.837. The summed E-state index contributed by atoms with van der Waals surface area (Å²) in [5.41, 5.74) is 1.36. The largest absolute Gasteiger partial charge is 0.493 e. The van der Waals surface area contributed by atoms with Crippen molar-refractivity contribution in [2.45, 2.75) is 19.4 Å². The van der Waals surface area contributed by atoms with Crippen LogP contribution in [0.1, 0.15) is 17.5 Å². The average molecular weight is 325 g/mol. The minimum absolute atomic E-state index is 0.0256. The number of hydrogen-bond donors (Lipinski definition) is 1. The second-order valence-corrected chi connectivity index (χ2v) is 5.21. The second-order valence-electron chi connectivity index (χ2n) is 4.80. The van der Waals surface area contributed by atoms with E-state index in [2.05, 4.69) is 0 Å². The van der Waals surface area contributed by atoms with Crippen LogP contribution >= 0.6 is 11.6 Å². The Morgan fingerprint density at radius 1 is 1.18 bits per heavy atom. The van der Waals surface area contributed by atoms with E-state index in [1.165, 1.54) is 6.07 Å². The first-order valence-electron chi connectivity index (χ1n) is 6.99. The van der Waals surface area contributed by atoms with Crippen LogP contribution in [0.4, 0.5) is 4.39 Å². The number of halogens is 2. The number of hydrogen-bond acceptors (Lipinski definition) is 3. The van der Waals surface area contributed by atoms with Crippen LogP contribution in [-0.4, -0.2) is 18.8 Å². The molecule has 2 rings (SSSR count). The van der Waals surface area contributed by atoms with Crippen molar-refractivity contribution >= 4 is 11.6 Å². The number of benzene rings is 2. The molecule has 2 aromatic rings. The minimum atomic E-state index is -0.397. The number of aliphatic hydroxyl groups excluding tert-OH is 1. The van der Waals surface area contributed by atoms with Gasteiger partial charge in [0.15, 0.2) is 11.5 Å². The Hall–Kier alpha value is -1.78. The smallest absolute Gasteiger partial charge is 0.161 e. The molecule has 0 aromatic heterocycles. The molecule has 0 unspecified atom stereocenters. The minimum Gasteiger partial charge on any atom is -0.493 e. The summed E-state index contributed by atoms with van der Waals surface area (Å²) in [5.74, 6) is 0.698. The Kier molecular flexibility index (Phi) is 6.04. The Labute approximate surface area is 134 Å². The van der Waals surface area contributed by atoms with Crippen molar-refractivity contribution in [3.63, 3.8) is 0 Å². The molecule has 1 N–H and O–H groups in total. The van der Waals surface area contributed by atoms with Crippen molar-refractivity contribution in [2.24, 2.45) is 0 Å². The van der Waals surface area contributed by atoms with E-state index in [1.54, 1.807) is 25.3 Å². The molecule has 0 atom stereocenters. The molecular weight excluding hydrogens is 307 g/mol. The Bertz CT molecular complexity index is 611. The summed E-state index contributed by atoms with van der Waals surface area (Å²) in [5, 5.41) is 9.20. The van der Waals surface area contributed by atoms with Gasteiger partial charge < -0.3 is 14.6 Å². The molecule has 5 heteroatoms. The number of aryl methyl sites for hydroxylation is 1. The van der Waals surface area contributed by atoms with Crippen molar-refractivity contribution < 1.29 is 19.0 Å². The molecule has 22 heavy (non-hydrogen) atoms. The molecule has 0 aliphatic carbocycles. The van der Waals surface area contributed by atoms with Crippen LogP contribution in [0.2, 0.25) is 5.02 Å². The van der Waals surface area contributed by atoms with Gasteiger partial charge in [-0.3, -0.25) is 0 Å². The normalized spacial score (nSPS) is 10.5. The van der Waals surface area contributed by atoms with E-state index in [0.717, 1.165) is 12.0 Å². The van der Waals surface area contributed by atoms with Crippen LogP contribution in [0.3, 0.4) is 0 Å². The lowest BCUT2D eigenvalue weighted by Gasteiger charge is -2.13. The van der Waals surface area contributed by atoms with Crippen molar-refractivity contribution in [1.82, 2.24) is 0 Å². The van der Waals surface area contributed by atoms with Crippen molar-refractivity contribution in [3.8, 4) is 11.5 Å². The monoisotopic (exact) mass is 324 g/mol. The van der Waals surface area contributed by atoms with Crippen LogP contribution in [0.25, 0.3) is 0 Å². The number of aliphatic hydroxyl groups is 1. The van der Waals surface area contributed by atoms with Gasteiger partial charge in [0.05, 0.1) is 12.1 Å². The molecule has 0 radical (unpaired) electrons. The molecule has 0 bridgehead atoms. The molecular formula is C17H18ClFO3. The van der Waals surface area contributed by atoms with E-state index >= 15 is 0 Å². The lowest BCUT2D eigenvalue weighted by Crippen LogP contribution is -2.01. The van der Waals surface area contributed by atoms with Crippen LogP contribution in [0.5, 0.6) is 11.5 Å². The topological polar surface area (TPSA) is 38.7 Å². The van der Waals surface area contributed by atoms with Crippen molar-refractivity contribution in [2.75, 3.05) is 13.7 Å². The Balaban J connectivity index is 2.12. The van der Waals surface area contributed by atoms with Crippen molar-refractivity contribution in [3.05, 3.63) is 58.4 Å². The van der Waals surface area contributed by atoms with Gasteiger partial charge in [-0.05, 0) is 42.7 Å². The van der Waals surface area contributed by atoms with Gasteiger partial charge in [-0.15, -0.1) is 0 Å². The molecule has 0 saturated carbocycles. The predicted octanol–water partition coefficient (Wildman–Crippen LogP) is 3.99. The number of ether oxygens (including phenoxy) is 2. The van der Waals surface area contributed by atoms with Gasteiger partial charge >= 0.3 is 0 Å². The van der Waals surface area contributed by atoms with Gasteiger partial charge in [-0.1, -0.05) is 23.7 Å². The van der Waals surface area contributed by atoms with E-state index in [1.807, 2.05) is 12.1 Å². The lowest BCUT2D eigenvalue weighted by molar-refractivity contribution is 0.279. The Morgan fingerprint density at radius 3 is 2.68 bits per heavy atom. The summed E-state index contributed by atoms with van der Waals surface area (Å²) in [7, 11) is 1.55. The fraction of sp³-hybridized carbons (Fsp3) is 0.294. The second kappa shape index (κ2) is 8.01. The average Bonchev–Trinajstić information content (AvgIpc) is 2.53. The third kappa shape index (κ3) is 4.12. The van der Waals surface area contributed by atoms with Gasteiger partial charge in [0.25, 0.3) is 0 Å². The Morgan fingerprint density at radius 2 is 2.00 bits per heavy atom. The van der Waals surface area contributed by atoms with Crippen LogP contribution < -0.4 is 9.47 Å². The molecule has 3 nitrogen and oxygen atoms in total. The number of methoxy groups -OCH3 is 1. The molecule has 0 aliphatic heterocycles. The van der Waals surface area contributed by atoms with Gasteiger partial charge in [-0.2, -0.15) is 0 Å². The first kappa shape index (κ1) is 16.6. The molecule has 0 spiro atoms. The summed E-state index contributed by atoms with van der Waals surface area (Å²) in [6.45, 7) is 0.171. The third-order valence-electron chi connectivity index (χ3n) is 3.29. The van der Waals surface area contributed by atoms with Gasteiger partial charge in [0, 0.05) is 12.2 Å². The highest BCUT2D eigenvalue weighted by Crippen LogP contribution is 2.30. The standard InChI is InChI=1S/C17H18ClFO3/c1-21-17-10-12(4-3-9-20)7-8-16(17)22-11-13-14(18)5-2-6-15(13)19/h2,5-8,10,20H,3-4,9,11H2,1H3. The number of rotatable bonds is 7. The van der Waals surface area contributed by atoms with Crippen LogP contribution in [0.15, 0.2) is 36.4 Å². The van der Waals surface area contributed by atoms with E-state index in [0.29, 0.717) is 28.5 Å². The zero-order valence-corrected chi connectivity index (χ0v) is 13.1. The van der Waals surface area contributed by atoms with Gasteiger partial charge in [0.1, 0.15) is 12.4 Å². The zero-order chi connectivity index (χ0) is 15.9. The molecule has 0 fully saturated rings. The first-order chi connectivity index (χ1) is 10.7. The van der Waals surface area contributed by atoms with E-state index < -0.39 is 5.82 Å². The predicted molar refractivity (Wildman–Crippen MR) is 84.1 cm³/mol. The fourth-order valence-electron chi connectivity index (χ4n) is 2.09. The summed E-state index contributed by atoms with van der Waals surface area (Å²) in [6, 6.07) is 10.1. The van der Waals surface area contributed by atoms with Gasteiger partial charge in [-0.25, -0.2) is 4.39 Å². The van der Waals surface area contributed by atoms with Crippen LogP contribution in [0, 0.1) is 5.82 Å². The summed E-state index contributed by atoms with van der Waals surface area (Å²) < 4.78 is 24.7. The summed E-state index contributed by atoms with van der Waals surface area (Å²) >= 11 is 5.98. The summed E-state index contributed by atoms with van der Waals surface area (Å²) in [6.07, 6.45) is 1.44. The molecule has 0 amide bonds. The summed E-state index contributed by atoms with van der Waals surface area (Å²) in [4.78, 5) is 0. The van der Waals surface area contributed by atoms with Gasteiger partial charge in [0.2, 0.25) is 0 Å². The molecule has 0 heterocycles. The molecule has 0 aliphatic rings. The highest BCUT2D eigenvalue weighted by atomic mass is 35.5. The molecule has 0 saturated heterocycles. The SMILES string of the molecule is COc1cc(CCCO)ccc1OCc1c(F)cccc1Cl. The maximum Gasteiger partial charge on any atom is 0.161 e. The van der Waals surface area contributed by atoms with Crippen molar-refractivity contribution in [1.29, 1.82) is 0 Å². The fourth-order valence-corrected chi connectivity index (χ4v) is 2.31. The van der Waals surface area contributed by atoms with Crippen LogP contribution in [-0.2, 0) is 13.0 Å². The van der Waals surface area contributed by atoms with E-state index in [4.69, 9.17) is 26.2 Å². The maximum atomic E-state index is 13.7. The van der Waals surface area contributed by atoms with E-state index in [-0.39, 0.29) is 13.2 Å². The highest BCUT2D eigenvalue weighted by Gasteiger charge is 2.10. The lowest BCUT2D eigenvalue weighted by atomic mass is 10.1. The highest BCUT2D eigenvalue weighted by molar-refractivity contribution is 6.31. The maximum absolute atomic E-state index is 13.7. The first-order valence-corrected chi connectivity index (χ1v) is 7.37. The third-order valence-corrected chi connectivity index (χ3v) is 3.64. The zero-order valence-electron chi connectivity index (χ0n) is 12.3. The van der Waals surface area contributed by atoms with E-state index in [9.17, 15) is 4.39 Å².